The lowest BCUT2D eigenvalue weighted by Crippen LogP contribution is -2.45. The number of hydrogen-bond donors (Lipinski definition) is 2. The zero-order valence-corrected chi connectivity index (χ0v) is 13.2. The minimum absolute atomic E-state index is 0.140. The monoisotopic (exact) mass is 290 g/mol. The highest BCUT2D eigenvalue weighted by atomic mass is 16.3. The highest BCUT2D eigenvalue weighted by Crippen LogP contribution is 2.28. The number of aryl methyl sites for hydroxylation is 1. The summed E-state index contributed by atoms with van der Waals surface area (Å²) in [6.07, 6.45) is 0.232. The summed E-state index contributed by atoms with van der Waals surface area (Å²) in [5, 5.41) is 13.6. The van der Waals surface area contributed by atoms with Crippen LogP contribution in [0.1, 0.15) is 37.5 Å². The molecule has 116 valence electrons. The lowest BCUT2D eigenvalue weighted by Gasteiger charge is -2.32. The van der Waals surface area contributed by atoms with Crippen molar-refractivity contribution in [2.75, 3.05) is 26.2 Å². The van der Waals surface area contributed by atoms with E-state index >= 15 is 0 Å². The molecule has 4 heteroatoms. The summed E-state index contributed by atoms with van der Waals surface area (Å²) < 4.78 is 0. The number of likely N-dealkylation sites (N-methyl/N-ethyl adjacent to an activating group) is 1. The Morgan fingerprint density at radius 3 is 2.62 bits per heavy atom. The Labute approximate surface area is 127 Å². The Bertz CT molecular complexity index is 478. The third-order valence-corrected chi connectivity index (χ3v) is 4.41. The van der Waals surface area contributed by atoms with Crippen LogP contribution < -0.4 is 5.32 Å². The maximum atomic E-state index is 12.7. The molecule has 1 fully saturated rings. The van der Waals surface area contributed by atoms with Crippen molar-refractivity contribution in [2.45, 2.75) is 33.3 Å². The largest absolute Gasteiger partial charge is 0.387 e. The number of nitrogens with one attached hydrogen (secondary N) is 1. The maximum absolute atomic E-state index is 12.7. The van der Waals surface area contributed by atoms with Crippen LogP contribution in [0.4, 0.5) is 0 Å². The number of benzene rings is 1. The fourth-order valence-corrected chi connectivity index (χ4v) is 2.84. The third-order valence-electron chi connectivity index (χ3n) is 4.41. The Morgan fingerprint density at radius 2 is 2.10 bits per heavy atom. The van der Waals surface area contributed by atoms with Gasteiger partial charge in [0.05, 0.1) is 18.1 Å². The van der Waals surface area contributed by atoms with Gasteiger partial charge in [-0.2, -0.15) is 0 Å². The van der Waals surface area contributed by atoms with Gasteiger partial charge in [-0.3, -0.25) is 4.79 Å². The van der Waals surface area contributed by atoms with Crippen molar-refractivity contribution >= 4 is 5.91 Å². The van der Waals surface area contributed by atoms with E-state index in [1.165, 1.54) is 5.56 Å². The molecule has 1 aromatic carbocycles. The molecule has 1 aliphatic heterocycles. The van der Waals surface area contributed by atoms with Crippen molar-refractivity contribution in [2.24, 2.45) is 5.41 Å². The molecule has 0 radical (unpaired) electrons. The molecule has 2 atom stereocenters. The minimum atomic E-state index is -0.632. The van der Waals surface area contributed by atoms with Crippen LogP contribution in [-0.4, -0.2) is 42.1 Å². The number of hydrogen-bond acceptors (Lipinski definition) is 3. The molecule has 0 aliphatic carbocycles. The quantitative estimate of drug-likeness (QED) is 0.870. The van der Waals surface area contributed by atoms with Crippen LogP contribution in [0.3, 0.4) is 0 Å². The molecule has 4 nitrogen and oxygen atoms in total. The van der Waals surface area contributed by atoms with Gasteiger partial charge in [-0.1, -0.05) is 29.8 Å². The SMILES string of the molecule is CCN(CC(O)c1ccc(C)cc1)C(=O)C1(C)CCNC1. The Hall–Kier alpha value is -1.39. The van der Waals surface area contributed by atoms with E-state index in [0.29, 0.717) is 13.1 Å². The molecule has 1 aromatic rings. The Morgan fingerprint density at radius 1 is 1.43 bits per heavy atom. The summed E-state index contributed by atoms with van der Waals surface area (Å²) in [4.78, 5) is 14.5. The molecular weight excluding hydrogens is 264 g/mol. The molecule has 0 bridgehead atoms. The van der Waals surface area contributed by atoms with Gasteiger partial charge in [0.2, 0.25) is 5.91 Å². The first-order valence-electron chi connectivity index (χ1n) is 7.71. The Kier molecular flexibility index (Phi) is 5.01. The second-order valence-electron chi connectivity index (χ2n) is 6.26. The molecule has 1 saturated heterocycles. The fourth-order valence-electron chi connectivity index (χ4n) is 2.84. The van der Waals surface area contributed by atoms with E-state index in [1.54, 1.807) is 4.90 Å². The van der Waals surface area contributed by atoms with Gasteiger partial charge in [0, 0.05) is 13.1 Å². The minimum Gasteiger partial charge on any atom is -0.387 e. The molecule has 1 aliphatic rings. The van der Waals surface area contributed by atoms with Crippen LogP contribution in [0.15, 0.2) is 24.3 Å². The lowest BCUT2D eigenvalue weighted by molar-refractivity contribution is -0.141. The topological polar surface area (TPSA) is 52.6 Å². The highest BCUT2D eigenvalue weighted by molar-refractivity contribution is 5.83. The second-order valence-corrected chi connectivity index (χ2v) is 6.26. The van der Waals surface area contributed by atoms with Crippen molar-refractivity contribution in [1.82, 2.24) is 10.2 Å². The normalized spacial score (nSPS) is 23.0. The third kappa shape index (κ3) is 3.63. The zero-order valence-electron chi connectivity index (χ0n) is 13.2. The van der Waals surface area contributed by atoms with E-state index in [0.717, 1.165) is 25.1 Å². The number of amides is 1. The maximum Gasteiger partial charge on any atom is 0.229 e. The smallest absolute Gasteiger partial charge is 0.229 e. The van der Waals surface area contributed by atoms with E-state index in [2.05, 4.69) is 5.32 Å². The van der Waals surface area contributed by atoms with Crippen molar-refractivity contribution in [3.63, 3.8) is 0 Å². The van der Waals surface area contributed by atoms with Gasteiger partial charge in [0.25, 0.3) is 0 Å². The predicted octanol–water partition coefficient (Wildman–Crippen LogP) is 1.88. The molecule has 1 heterocycles. The van der Waals surface area contributed by atoms with Crippen LogP contribution in [0.5, 0.6) is 0 Å². The van der Waals surface area contributed by atoms with E-state index in [-0.39, 0.29) is 11.3 Å². The molecule has 0 spiro atoms. The van der Waals surface area contributed by atoms with Crippen LogP contribution in [0.2, 0.25) is 0 Å². The molecule has 2 N–H and O–H groups in total. The van der Waals surface area contributed by atoms with Gasteiger partial charge < -0.3 is 15.3 Å². The molecule has 2 rings (SSSR count). The zero-order chi connectivity index (χ0) is 15.5. The van der Waals surface area contributed by atoms with E-state index in [9.17, 15) is 9.90 Å². The van der Waals surface area contributed by atoms with Gasteiger partial charge in [-0.25, -0.2) is 0 Å². The number of aliphatic hydroxyl groups is 1. The average Bonchev–Trinajstić information content (AvgIpc) is 2.92. The first-order valence-corrected chi connectivity index (χ1v) is 7.71. The average molecular weight is 290 g/mol. The number of nitrogens with zero attached hydrogens (tertiary/aromatic N) is 1. The van der Waals surface area contributed by atoms with Gasteiger partial charge in [0.1, 0.15) is 0 Å². The molecule has 21 heavy (non-hydrogen) atoms. The van der Waals surface area contributed by atoms with Crippen LogP contribution in [-0.2, 0) is 4.79 Å². The highest BCUT2D eigenvalue weighted by Gasteiger charge is 2.39. The van der Waals surface area contributed by atoms with Gasteiger partial charge in [-0.15, -0.1) is 0 Å². The molecule has 0 aromatic heterocycles. The summed E-state index contributed by atoms with van der Waals surface area (Å²) in [6, 6.07) is 7.83. The van der Waals surface area contributed by atoms with Crippen LogP contribution in [0, 0.1) is 12.3 Å². The van der Waals surface area contributed by atoms with Crippen molar-refractivity contribution in [1.29, 1.82) is 0 Å². The van der Waals surface area contributed by atoms with Gasteiger partial charge in [0.15, 0.2) is 0 Å². The van der Waals surface area contributed by atoms with Gasteiger partial charge >= 0.3 is 0 Å². The summed E-state index contributed by atoms with van der Waals surface area (Å²) >= 11 is 0. The molecule has 0 saturated carbocycles. The second kappa shape index (κ2) is 6.58. The Balaban J connectivity index is 2.04. The van der Waals surface area contributed by atoms with E-state index < -0.39 is 6.10 Å². The lowest BCUT2D eigenvalue weighted by atomic mass is 9.88. The number of carbonyl (C=O) groups excluding carboxylic acids is 1. The standard InChI is InChI=1S/C17H26N2O2/c1-4-19(16(21)17(3)9-10-18-12-17)11-15(20)14-7-5-13(2)6-8-14/h5-8,15,18,20H,4,9-12H2,1-3H3. The number of rotatable bonds is 5. The predicted molar refractivity (Wildman–Crippen MR) is 84.0 cm³/mol. The fraction of sp³-hybridized carbons (Fsp3) is 0.588. The number of carbonyl (C=O) groups is 1. The summed E-state index contributed by atoms with van der Waals surface area (Å²) in [5.41, 5.74) is 1.70. The first-order chi connectivity index (χ1) is 9.96. The van der Waals surface area contributed by atoms with Crippen LogP contribution >= 0.6 is 0 Å². The summed E-state index contributed by atoms with van der Waals surface area (Å²) in [5.74, 6) is 0.140. The number of aliphatic hydroxyl groups excluding tert-OH is 1. The molecular formula is C17H26N2O2. The summed E-state index contributed by atoms with van der Waals surface area (Å²) in [6.45, 7) is 8.59. The molecule has 2 unspecified atom stereocenters. The van der Waals surface area contributed by atoms with Crippen LogP contribution in [0.25, 0.3) is 0 Å². The van der Waals surface area contributed by atoms with Crippen molar-refractivity contribution in [3.05, 3.63) is 35.4 Å². The van der Waals surface area contributed by atoms with Crippen molar-refractivity contribution in [3.8, 4) is 0 Å². The van der Waals surface area contributed by atoms with E-state index in [1.807, 2.05) is 45.0 Å². The van der Waals surface area contributed by atoms with Crippen molar-refractivity contribution < 1.29 is 9.90 Å². The first kappa shape index (κ1) is 16.0. The molecule has 1 amide bonds. The van der Waals surface area contributed by atoms with E-state index in [4.69, 9.17) is 0 Å². The summed E-state index contributed by atoms with van der Waals surface area (Å²) in [7, 11) is 0. The van der Waals surface area contributed by atoms with Gasteiger partial charge in [-0.05, 0) is 39.3 Å².